The summed E-state index contributed by atoms with van der Waals surface area (Å²) in [7, 11) is -3.68. The van der Waals surface area contributed by atoms with E-state index in [1.165, 1.54) is 0 Å². The van der Waals surface area contributed by atoms with Crippen molar-refractivity contribution in [2.24, 2.45) is 5.50 Å². The Morgan fingerprint density at radius 3 is 1.73 bits per heavy atom. The van der Waals surface area contributed by atoms with E-state index in [2.05, 4.69) is 9.47 Å². The lowest BCUT2D eigenvalue weighted by Gasteiger charge is -2.27. The highest BCUT2D eigenvalue weighted by Crippen LogP contribution is 2.48. The largest absolute Gasteiger partial charge is 0.447 e. The number of hydrogen-bond donors (Lipinski definition) is 1. The number of amides is 2. The van der Waals surface area contributed by atoms with Gasteiger partial charge in [0.1, 0.15) is 13.2 Å². The number of cyclic esters (lactones) is 2. The van der Waals surface area contributed by atoms with Crippen molar-refractivity contribution in [2.75, 3.05) is 26.3 Å². The zero-order valence-corrected chi connectivity index (χ0v) is 8.68. The van der Waals surface area contributed by atoms with Crippen LogP contribution in [0.3, 0.4) is 0 Å². The van der Waals surface area contributed by atoms with E-state index in [1.54, 1.807) is 0 Å². The smallest absolute Gasteiger partial charge is 0.417 e. The lowest BCUT2D eigenvalue weighted by Crippen LogP contribution is -2.37. The van der Waals surface area contributed by atoms with Gasteiger partial charge in [-0.2, -0.15) is 0 Å². The van der Waals surface area contributed by atoms with Crippen molar-refractivity contribution in [3.05, 3.63) is 0 Å². The van der Waals surface area contributed by atoms with Crippen LogP contribution in [0, 0.1) is 0 Å². The molecule has 2 saturated heterocycles. The third kappa shape index (κ3) is 1.55. The van der Waals surface area contributed by atoms with Crippen LogP contribution >= 0.6 is 7.59 Å². The standard InChI is InChI=1S/C6H10N3O5P/c7-15(12,8-1-3-13-5(8)10)9-2-4-14-6(9)11/h1-4H2,(H2,7,12). The van der Waals surface area contributed by atoms with Gasteiger partial charge in [-0.3, -0.25) is 4.57 Å². The van der Waals surface area contributed by atoms with Gasteiger partial charge in [-0.15, -0.1) is 0 Å². The maximum atomic E-state index is 12.1. The molecule has 8 nitrogen and oxygen atoms in total. The summed E-state index contributed by atoms with van der Waals surface area (Å²) >= 11 is 0. The summed E-state index contributed by atoms with van der Waals surface area (Å²) in [5.41, 5.74) is 5.51. The molecular weight excluding hydrogens is 225 g/mol. The van der Waals surface area contributed by atoms with Crippen molar-refractivity contribution < 1.29 is 23.6 Å². The van der Waals surface area contributed by atoms with Crippen LogP contribution in [-0.2, 0) is 14.0 Å². The van der Waals surface area contributed by atoms with Crippen molar-refractivity contribution in [1.29, 1.82) is 0 Å². The van der Waals surface area contributed by atoms with E-state index in [4.69, 9.17) is 5.50 Å². The molecule has 2 N–H and O–H groups in total. The highest BCUT2D eigenvalue weighted by molar-refractivity contribution is 7.58. The molecule has 0 bridgehead atoms. The molecule has 2 rings (SSSR count). The second-order valence-corrected chi connectivity index (χ2v) is 5.21. The van der Waals surface area contributed by atoms with Gasteiger partial charge in [-0.25, -0.2) is 24.4 Å². The fraction of sp³-hybridized carbons (Fsp3) is 0.667. The van der Waals surface area contributed by atoms with E-state index >= 15 is 0 Å². The number of carbonyl (C=O) groups excluding carboxylic acids is 2. The van der Waals surface area contributed by atoms with Gasteiger partial charge in [0.25, 0.3) is 0 Å². The molecule has 84 valence electrons. The minimum absolute atomic E-state index is 0.121. The van der Waals surface area contributed by atoms with Gasteiger partial charge in [0.2, 0.25) is 0 Å². The van der Waals surface area contributed by atoms with Crippen LogP contribution in [0.15, 0.2) is 0 Å². The molecule has 0 aliphatic carbocycles. The van der Waals surface area contributed by atoms with Crippen LogP contribution in [-0.4, -0.2) is 47.8 Å². The first-order valence-corrected chi connectivity index (χ1v) is 6.00. The summed E-state index contributed by atoms with van der Waals surface area (Å²) in [6.45, 7) is 0.499. The first-order valence-electron chi connectivity index (χ1n) is 4.31. The van der Waals surface area contributed by atoms with Crippen LogP contribution < -0.4 is 5.50 Å². The summed E-state index contributed by atoms with van der Waals surface area (Å²) in [6.07, 6.45) is -1.53. The average molecular weight is 235 g/mol. The molecule has 0 unspecified atom stereocenters. The molecule has 0 aromatic rings. The Morgan fingerprint density at radius 1 is 1.07 bits per heavy atom. The molecule has 9 heteroatoms. The van der Waals surface area contributed by atoms with E-state index in [9.17, 15) is 14.2 Å². The van der Waals surface area contributed by atoms with Crippen LogP contribution in [0.2, 0.25) is 0 Å². The predicted octanol–water partition coefficient (Wildman–Crippen LogP) is -0.0424. The van der Waals surface area contributed by atoms with Crippen LogP contribution in [0.5, 0.6) is 0 Å². The van der Waals surface area contributed by atoms with Gasteiger partial charge in [-0.1, -0.05) is 0 Å². The topological polar surface area (TPSA) is 102 Å². The summed E-state index contributed by atoms with van der Waals surface area (Å²) in [5.74, 6) is 0. The fourth-order valence-electron chi connectivity index (χ4n) is 1.42. The maximum Gasteiger partial charge on any atom is 0.417 e. The summed E-state index contributed by atoms with van der Waals surface area (Å²) in [6, 6.07) is 0. The van der Waals surface area contributed by atoms with Crippen molar-refractivity contribution in [1.82, 2.24) is 9.34 Å². The molecule has 2 heterocycles. The van der Waals surface area contributed by atoms with Gasteiger partial charge < -0.3 is 9.47 Å². The van der Waals surface area contributed by atoms with Gasteiger partial charge >= 0.3 is 19.8 Å². The van der Waals surface area contributed by atoms with Crippen LogP contribution in [0.25, 0.3) is 0 Å². The molecule has 2 amide bonds. The number of ether oxygens (including phenoxy) is 2. The zero-order valence-electron chi connectivity index (χ0n) is 7.79. The van der Waals surface area contributed by atoms with E-state index in [-0.39, 0.29) is 26.3 Å². The third-order valence-electron chi connectivity index (χ3n) is 2.17. The van der Waals surface area contributed by atoms with Crippen LogP contribution in [0.1, 0.15) is 0 Å². The van der Waals surface area contributed by atoms with E-state index in [1.807, 2.05) is 0 Å². The third-order valence-corrected chi connectivity index (χ3v) is 4.28. The second-order valence-electron chi connectivity index (χ2n) is 3.06. The molecule has 0 aromatic carbocycles. The van der Waals surface area contributed by atoms with Crippen molar-refractivity contribution in [3.8, 4) is 0 Å². The molecule has 2 aliphatic heterocycles. The molecule has 0 aromatic heterocycles. The Bertz CT molecular complexity index is 329. The lowest BCUT2D eigenvalue weighted by atomic mass is 10.7. The van der Waals surface area contributed by atoms with Crippen LogP contribution in [0.4, 0.5) is 9.59 Å². The Hall–Kier alpha value is -1.27. The molecule has 2 aliphatic rings. The monoisotopic (exact) mass is 235 g/mol. The first-order chi connectivity index (χ1) is 7.03. The van der Waals surface area contributed by atoms with Gasteiger partial charge in [0, 0.05) is 0 Å². The minimum Gasteiger partial charge on any atom is -0.447 e. The van der Waals surface area contributed by atoms with Crippen molar-refractivity contribution >= 4 is 19.8 Å². The second kappa shape index (κ2) is 3.39. The van der Waals surface area contributed by atoms with E-state index < -0.39 is 19.8 Å². The van der Waals surface area contributed by atoms with Gasteiger partial charge in [0.05, 0.1) is 13.1 Å². The molecule has 0 saturated carbocycles. The fourth-order valence-corrected chi connectivity index (χ4v) is 3.00. The summed E-state index contributed by atoms with van der Waals surface area (Å²) in [5, 5.41) is 0. The number of hydrogen-bond acceptors (Lipinski definition) is 5. The average Bonchev–Trinajstić information content (AvgIpc) is 2.73. The highest BCUT2D eigenvalue weighted by Gasteiger charge is 2.45. The molecule has 0 spiro atoms. The number of nitrogens with zero attached hydrogens (tertiary/aromatic N) is 2. The quantitative estimate of drug-likeness (QED) is 0.673. The molecule has 15 heavy (non-hydrogen) atoms. The molecule has 0 radical (unpaired) electrons. The van der Waals surface area contributed by atoms with Crippen molar-refractivity contribution in [2.45, 2.75) is 0 Å². The predicted molar refractivity (Wildman–Crippen MR) is 47.9 cm³/mol. The normalized spacial score (nSPS) is 21.9. The highest BCUT2D eigenvalue weighted by atomic mass is 31.2. The number of carbonyl (C=O) groups is 2. The summed E-state index contributed by atoms with van der Waals surface area (Å²) in [4.78, 5) is 22.3. The SMILES string of the molecule is NP(=O)(N1CCOC1=O)N1CCOC1=O. The Balaban J connectivity index is 2.22. The van der Waals surface area contributed by atoms with Gasteiger partial charge in [0.15, 0.2) is 0 Å². The Morgan fingerprint density at radius 2 is 1.47 bits per heavy atom. The lowest BCUT2D eigenvalue weighted by molar-refractivity contribution is 0.165. The molecular formula is C6H10N3O5P. The molecule has 0 atom stereocenters. The van der Waals surface area contributed by atoms with Gasteiger partial charge in [-0.05, 0) is 0 Å². The zero-order chi connectivity index (χ0) is 11.1. The Labute approximate surface area is 85.4 Å². The first kappa shape index (κ1) is 10.3. The Kier molecular flexibility index (Phi) is 2.32. The van der Waals surface area contributed by atoms with E-state index in [0.29, 0.717) is 0 Å². The van der Waals surface area contributed by atoms with Crippen molar-refractivity contribution in [3.63, 3.8) is 0 Å². The molecule has 2 fully saturated rings. The number of nitrogens with two attached hydrogens (primary N) is 1. The minimum atomic E-state index is -3.68. The summed E-state index contributed by atoms with van der Waals surface area (Å²) < 4.78 is 23.0. The number of rotatable bonds is 2. The maximum absolute atomic E-state index is 12.1. The van der Waals surface area contributed by atoms with E-state index in [0.717, 1.165) is 9.34 Å².